The van der Waals surface area contributed by atoms with E-state index < -0.39 is 0 Å². The molecule has 1 aromatic carbocycles. The van der Waals surface area contributed by atoms with Gasteiger partial charge in [0.2, 0.25) is 5.91 Å². The molecule has 1 saturated carbocycles. The summed E-state index contributed by atoms with van der Waals surface area (Å²) >= 11 is 0. The van der Waals surface area contributed by atoms with Crippen LogP contribution in [0, 0.1) is 19.8 Å². The van der Waals surface area contributed by atoms with Crippen molar-refractivity contribution in [3.8, 4) is 0 Å². The number of hydrogen-bond acceptors (Lipinski definition) is 2. The lowest BCUT2D eigenvalue weighted by atomic mass is 9.99. The van der Waals surface area contributed by atoms with E-state index in [0.29, 0.717) is 6.04 Å². The molecule has 0 bridgehead atoms. The Balaban J connectivity index is 1.90. The van der Waals surface area contributed by atoms with E-state index in [2.05, 4.69) is 43.5 Å². The van der Waals surface area contributed by atoms with Gasteiger partial charge in [-0.1, -0.05) is 6.07 Å². The van der Waals surface area contributed by atoms with Crippen molar-refractivity contribution < 1.29 is 4.79 Å². The smallest absolute Gasteiger partial charge is 0.246 e. The first-order valence-corrected chi connectivity index (χ1v) is 6.74. The molecule has 1 heterocycles. The van der Waals surface area contributed by atoms with Crippen LogP contribution in [-0.4, -0.2) is 11.9 Å². The van der Waals surface area contributed by atoms with Gasteiger partial charge in [-0.3, -0.25) is 10.1 Å². The molecule has 1 aliphatic carbocycles. The number of carbonyl (C=O) groups is 1. The Kier molecular flexibility index (Phi) is 2.67. The lowest BCUT2D eigenvalue weighted by molar-refractivity contribution is -0.117. The first-order valence-electron chi connectivity index (χ1n) is 6.74. The molecule has 0 spiro atoms. The molecule has 2 unspecified atom stereocenters. The number of anilines is 1. The average molecular weight is 244 g/mol. The highest BCUT2D eigenvalue weighted by atomic mass is 16.2. The highest BCUT2D eigenvalue weighted by molar-refractivity contribution is 6.03. The highest BCUT2D eigenvalue weighted by Gasteiger charge is 2.36. The van der Waals surface area contributed by atoms with Gasteiger partial charge in [0.25, 0.3) is 0 Å². The summed E-state index contributed by atoms with van der Waals surface area (Å²) in [5, 5.41) is 6.49. The Morgan fingerprint density at radius 3 is 2.72 bits per heavy atom. The number of aryl methyl sites for hydroxylation is 2. The van der Waals surface area contributed by atoms with Crippen LogP contribution in [0.1, 0.15) is 42.5 Å². The van der Waals surface area contributed by atoms with Crippen molar-refractivity contribution in [2.75, 3.05) is 5.32 Å². The van der Waals surface area contributed by atoms with Crippen LogP contribution in [0.2, 0.25) is 0 Å². The van der Waals surface area contributed by atoms with Crippen molar-refractivity contribution in [1.82, 2.24) is 5.32 Å². The molecule has 1 amide bonds. The van der Waals surface area contributed by atoms with Crippen LogP contribution in [0.4, 0.5) is 5.69 Å². The molecule has 3 heteroatoms. The lowest BCUT2D eigenvalue weighted by Crippen LogP contribution is -2.36. The van der Waals surface area contributed by atoms with Crippen LogP contribution in [0.25, 0.3) is 0 Å². The van der Waals surface area contributed by atoms with Crippen molar-refractivity contribution >= 4 is 11.6 Å². The number of carbonyl (C=O) groups excluding carboxylic acids is 1. The molecule has 2 aliphatic rings. The van der Waals surface area contributed by atoms with Gasteiger partial charge in [-0.15, -0.1) is 0 Å². The first-order chi connectivity index (χ1) is 8.56. The third-order valence-corrected chi connectivity index (χ3v) is 4.10. The van der Waals surface area contributed by atoms with E-state index in [1.54, 1.807) is 0 Å². The second kappa shape index (κ2) is 4.09. The predicted octanol–water partition coefficient (Wildman–Crippen LogP) is 2.68. The van der Waals surface area contributed by atoms with Gasteiger partial charge in [0.05, 0.1) is 0 Å². The largest absolute Gasteiger partial charge is 0.324 e. The number of rotatable bonds is 3. The molecule has 2 N–H and O–H groups in total. The number of amides is 1. The van der Waals surface area contributed by atoms with Crippen molar-refractivity contribution in [1.29, 1.82) is 0 Å². The molecular formula is C15H20N2O. The summed E-state index contributed by atoms with van der Waals surface area (Å²) < 4.78 is 0. The second-order valence-electron chi connectivity index (χ2n) is 5.76. The minimum Gasteiger partial charge on any atom is -0.324 e. The van der Waals surface area contributed by atoms with Crippen molar-refractivity contribution in [2.24, 2.45) is 5.92 Å². The van der Waals surface area contributed by atoms with E-state index >= 15 is 0 Å². The summed E-state index contributed by atoms with van der Waals surface area (Å²) in [6.07, 6.45) is 2.59. The number of fused-ring (bicyclic) bond motifs is 1. The van der Waals surface area contributed by atoms with Crippen LogP contribution in [0.3, 0.4) is 0 Å². The summed E-state index contributed by atoms with van der Waals surface area (Å²) in [7, 11) is 0. The maximum atomic E-state index is 12.1. The normalized spacial score (nSPS) is 23.7. The van der Waals surface area contributed by atoms with E-state index in [1.165, 1.54) is 24.0 Å². The van der Waals surface area contributed by atoms with E-state index in [9.17, 15) is 4.79 Å². The van der Waals surface area contributed by atoms with Crippen molar-refractivity contribution in [2.45, 2.75) is 45.7 Å². The predicted molar refractivity (Wildman–Crippen MR) is 72.6 cm³/mol. The third kappa shape index (κ3) is 1.93. The molecule has 0 radical (unpaired) electrons. The van der Waals surface area contributed by atoms with Crippen molar-refractivity contribution in [3.05, 3.63) is 28.8 Å². The van der Waals surface area contributed by atoms with Gasteiger partial charge >= 0.3 is 0 Å². The average Bonchev–Trinajstić information content (AvgIpc) is 3.06. The molecule has 0 saturated heterocycles. The molecular weight excluding hydrogens is 224 g/mol. The maximum absolute atomic E-state index is 12.1. The molecule has 18 heavy (non-hydrogen) atoms. The van der Waals surface area contributed by atoms with Crippen LogP contribution >= 0.6 is 0 Å². The van der Waals surface area contributed by atoms with E-state index in [-0.39, 0.29) is 11.9 Å². The third-order valence-electron chi connectivity index (χ3n) is 4.10. The van der Waals surface area contributed by atoms with Crippen LogP contribution in [0.15, 0.2) is 12.1 Å². The van der Waals surface area contributed by atoms with Crippen molar-refractivity contribution in [3.63, 3.8) is 0 Å². The summed E-state index contributed by atoms with van der Waals surface area (Å²) in [4.78, 5) is 12.1. The minimum atomic E-state index is -0.170. The quantitative estimate of drug-likeness (QED) is 0.858. The van der Waals surface area contributed by atoms with E-state index in [4.69, 9.17) is 0 Å². The maximum Gasteiger partial charge on any atom is 0.246 e. The summed E-state index contributed by atoms with van der Waals surface area (Å²) in [6.45, 7) is 6.34. The Morgan fingerprint density at radius 2 is 2.06 bits per heavy atom. The molecule has 0 aromatic heterocycles. The number of nitrogens with one attached hydrogen (secondary N) is 2. The van der Waals surface area contributed by atoms with Gasteiger partial charge in [-0.2, -0.15) is 0 Å². The number of hydrogen-bond donors (Lipinski definition) is 2. The Bertz CT molecular complexity index is 505. The molecule has 1 fully saturated rings. The molecule has 96 valence electrons. The Labute approximate surface area is 108 Å². The monoisotopic (exact) mass is 244 g/mol. The Hall–Kier alpha value is -1.35. The topological polar surface area (TPSA) is 41.1 Å². The van der Waals surface area contributed by atoms with Gasteiger partial charge < -0.3 is 5.32 Å². The summed E-state index contributed by atoms with van der Waals surface area (Å²) in [5.74, 6) is 0.846. The molecule has 3 rings (SSSR count). The summed E-state index contributed by atoms with van der Waals surface area (Å²) in [6, 6.07) is 4.46. The van der Waals surface area contributed by atoms with Gasteiger partial charge in [0.1, 0.15) is 6.04 Å². The van der Waals surface area contributed by atoms with E-state index in [0.717, 1.165) is 17.2 Å². The zero-order chi connectivity index (χ0) is 12.9. The van der Waals surface area contributed by atoms with Gasteiger partial charge in [-0.05, 0) is 56.7 Å². The van der Waals surface area contributed by atoms with E-state index in [1.807, 2.05) is 0 Å². The zero-order valence-corrected chi connectivity index (χ0v) is 11.2. The standard InChI is InChI=1S/C15H20N2O/c1-8-6-9(2)13-12(7-8)17-15(18)14(13)16-10(3)11-4-5-11/h6-7,10-11,14,16H,4-5H2,1-3H3,(H,17,18). The van der Waals surface area contributed by atoms with Gasteiger partial charge in [0, 0.05) is 17.3 Å². The first kappa shape index (κ1) is 11.7. The second-order valence-corrected chi connectivity index (χ2v) is 5.76. The lowest BCUT2D eigenvalue weighted by Gasteiger charge is -2.19. The highest BCUT2D eigenvalue weighted by Crippen LogP contribution is 2.38. The van der Waals surface area contributed by atoms with Crippen LogP contribution in [0.5, 0.6) is 0 Å². The summed E-state index contributed by atoms with van der Waals surface area (Å²) in [5.41, 5.74) is 4.52. The number of benzene rings is 1. The SMILES string of the molecule is Cc1cc(C)c2c(c1)NC(=O)C2NC(C)C1CC1. The molecule has 1 aliphatic heterocycles. The fraction of sp³-hybridized carbons (Fsp3) is 0.533. The molecule has 1 aromatic rings. The molecule has 2 atom stereocenters. The Morgan fingerprint density at radius 1 is 1.33 bits per heavy atom. The van der Waals surface area contributed by atoms with Gasteiger partial charge in [-0.25, -0.2) is 0 Å². The van der Waals surface area contributed by atoms with Gasteiger partial charge in [0.15, 0.2) is 0 Å². The van der Waals surface area contributed by atoms with Crippen LogP contribution < -0.4 is 10.6 Å². The van der Waals surface area contributed by atoms with Crippen LogP contribution in [-0.2, 0) is 4.79 Å². The fourth-order valence-corrected chi connectivity index (χ4v) is 2.96. The fourth-order valence-electron chi connectivity index (χ4n) is 2.96. The minimum absolute atomic E-state index is 0.0891. The zero-order valence-electron chi connectivity index (χ0n) is 11.2. The molecule has 3 nitrogen and oxygen atoms in total.